The van der Waals surface area contributed by atoms with Gasteiger partial charge in [-0.15, -0.1) is 13.2 Å². The molecule has 2 heterocycles. The number of alkyl halides is 3. The van der Waals surface area contributed by atoms with Crippen LogP contribution in [0.2, 0.25) is 0 Å². The average molecular weight is 477 g/mol. The molecule has 0 saturated carbocycles. The number of aromatic nitrogens is 2. The number of hydrogen-bond donors (Lipinski definition) is 1. The Balaban J connectivity index is 1.84. The molecule has 1 aliphatic rings. The second kappa shape index (κ2) is 8.59. The highest BCUT2D eigenvalue weighted by Gasteiger charge is 2.55. The lowest BCUT2D eigenvalue weighted by atomic mass is 9.62. The minimum absolute atomic E-state index is 0.245. The molecule has 10 heteroatoms. The quantitative estimate of drug-likeness (QED) is 0.536. The molecule has 3 aromatic rings. The van der Waals surface area contributed by atoms with E-state index in [1.54, 1.807) is 25.1 Å². The summed E-state index contributed by atoms with van der Waals surface area (Å²) in [6.45, 7) is 7.05. The summed E-state index contributed by atoms with van der Waals surface area (Å²) < 4.78 is 53.0. The van der Waals surface area contributed by atoms with E-state index < -0.39 is 17.4 Å². The summed E-state index contributed by atoms with van der Waals surface area (Å²) in [6.07, 6.45) is -4.80. The smallest absolute Gasteiger partial charge is 0.493 e. The molecular weight excluding hydrogens is 451 g/mol. The van der Waals surface area contributed by atoms with Crippen LogP contribution < -0.4 is 9.47 Å². The maximum absolute atomic E-state index is 12.6. The van der Waals surface area contributed by atoms with Gasteiger partial charge >= 0.3 is 6.36 Å². The summed E-state index contributed by atoms with van der Waals surface area (Å²) in [4.78, 5) is 6.36. The van der Waals surface area contributed by atoms with Crippen LogP contribution in [0.3, 0.4) is 0 Å². The van der Waals surface area contributed by atoms with Gasteiger partial charge in [-0.2, -0.15) is 4.98 Å². The lowest BCUT2D eigenvalue weighted by molar-refractivity contribution is -0.274. The molecule has 1 aliphatic heterocycles. The van der Waals surface area contributed by atoms with E-state index in [1.807, 2.05) is 20.9 Å². The zero-order valence-electron chi connectivity index (χ0n) is 19.3. The number of hydrogen-bond acceptors (Lipinski definition) is 7. The largest absolute Gasteiger partial charge is 0.573 e. The van der Waals surface area contributed by atoms with Crippen LogP contribution in [-0.2, 0) is 5.60 Å². The zero-order valence-corrected chi connectivity index (χ0v) is 19.3. The molecule has 0 aliphatic carbocycles. The number of aryl methyl sites for hydroxylation is 1. The van der Waals surface area contributed by atoms with Crippen LogP contribution in [0.1, 0.15) is 30.8 Å². The first-order valence-corrected chi connectivity index (χ1v) is 10.8. The number of nitrogens with zero attached hydrogens (tertiary/aromatic N) is 3. The highest BCUT2D eigenvalue weighted by atomic mass is 19.4. The van der Waals surface area contributed by atoms with Crippen LogP contribution in [0.25, 0.3) is 11.5 Å². The van der Waals surface area contributed by atoms with Crippen LogP contribution in [0.15, 0.2) is 47.0 Å². The van der Waals surface area contributed by atoms with E-state index in [0.29, 0.717) is 48.0 Å². The third kappa shape index (κ3) is 4.35. The zero-order chi connectivity index (χ0) is 24.7. The van der Waals surface area contributed by atoms with Crippen molar-refractivity contribution < 1.29 is 32.3 Å². The Morgan fingerprint density at radius 1 is 1.12 bits per heavy atom. The van der Waals surface area contributed by atoms with Crippen molar-refractivity contribution in [2.75, 3.05) is 26.7 Å². The third-order valence-electron chi connectivity index (χ3n) is 6.07. The molecule has 1 N–H and O–H groups in total. The molecule has 0 radical (unpaired) electrons. The lowest BCUT2D eigenvalue weighted by Gasteiger charge is -2.56. The van der Waals surface area contributed by atoms with E-state index in [-0.39, 0.29) is 11.6 Å². The van der Waals surface area contributed by atoms with E-state index in [2.05, 4.69) is 19.8 Å². The Bertz CT molecular complexity index is 1160. The number of rotatable bonds is 7. The molecule has 7 nitrogen and oxygen atoms in total. The molecule has 1 saturated heterocycles. The Kier molecular flexibility index (Phi) is 6.07. The topological polar surface area (TPSA) is 80.9 Å². The summed E-state index contributed by atoms with van der Waals surface area (Å²) in [5.74, 6) is 0.853. The maximum Gasteiger partial charge on any atom is 0.573 e. The van der Waals surface area contributed by atoms with Crippen molar-refractivity contribution in [1.29, 1.82) is 0 Å². The van der Waals surface area contributed by atoms with Crippen molar-refractivity contribution in [1.82, 2.24) is 15.0 Å². The molecule has 1 aromatic heterocycles. The first kappa shape index (κ1) is 24.0. The predicted molar refractivity (Wildman–Crippen MR) is 117 cm³/mol. The highest BCUT2D eigenvalue weighted by Crippen LogP contribution is 2.51. The minimum Gasteiger partial charge on any atom is -0.493 e. The standard InChI is InChI=1S/C24H26F3N3O4/c1-5-32-20-11-8-17(12-19(20)21-28-15(2)29-34-21)23(31,22(3)13-30(4)14-22)16-6-9-18(10-7-16)33-24(25,26)27/h6-12,31H,5,13-14H2,1-4H3/t23-/m0/s1. The average Bonchev–Trinajstić information content (AvgIpc) is 3.18. The highest BCUT2D eigenvalue weighted by molar-refractivity contribution is 5.65. The number of benzene rings is 2. The van der Waals surface area contributed by atoms with Crippen LogP contribution in [-0.4, -0.2) is 53.3 Å². The van der Waals surface area contributed by atoms with Crippen LogP contribution in [0.4, 0.5) is 13.2 Å². The van der Waals surface area contributed by atoms with E-state index >= 15 is 0 Å². The third-order valence-corrected chi connectivity index (χ3v) is 6.07. The van der Waals surface area contributed by atoms with Gasteiger partial charge in [-0.1, -0.05) is 30.3 Å². The first-order valence-electron chi connectivity index (χ1n) is 10.8. The second-order valence-electron chi connectivity index (χ2n) is 8.81. The van der Waals surface area contributed by atoms with Crippen molar-refractivity contribution in [3.05, 3.63) is 59.4 Å². The molecular formula is C24H26F3N3O4. The van der Waals surface area contributed by atoms with E-state index in [1.165, 1.54) is 24.3 Å². The minimum atomic E-state index is -4.80. The molecule has 0 bridgehead atoms. The Hall–Kier alpha value is -3.11. The summed E-state index contributed by atoms with van der Waals surface area (Å²) >= 11 is 0. The summed E-state index contributed by atoms with van der Waals surface area (Å²) in [7, 11) is 1.94. The molecule has 34 heavy (non-hydrogen) atoms. The summed E-state index contributed by atoms with van der Waals surface area (Å²) in [5.41, 5.74) is -0.670. The van der Waals surface area contributed by atoms with Gasteiger partial charge in [0.15, 0.2) is 5.82 Å². The van der Waals surface area contributed by atoms with Crippen molar-refractivity contribution >= 4 is 0 Å². The van der Waals surface area contributed by atoms with Crippen LogP contribution >= 0.6 is 0 Å². The van der Waals surface area contributed by atoms with E-state index in [4.69, 9.17) is 9.26 Å². The lowest BCUT2D eigenvalue weighted by Crippen LogP contribution is -2.63. The monoisotopic (exact) mass is 477 g/mol. The van der Waals surface area contributed by atoms with Crippen molar-refractivity contribution in [2.24, 2.45) is 5.41 Å². The Morgan fingerprint density at radius 3 is 2.29 bits per heavy atom. The van der Waals surface area contributed by atoms with Gasteiger partial charge in [0.1, 0.15) is 17.1 Å². The second-order valence-corrected chi connectivity index (χ2v) is 8.81. The maximum atomic E-state index is 12.6. The van der Waals surface area contributed by atoms with Gasteiger partial charge in [0, 0.05) is 18.5 Å². The molecule has 1 atom stereocenters. The number of aliphatic hydroxyl groups is 1. The van der Waals surface area contributed by atoms with Gasteiger partial charge in [-0.25, -0.2) is 0 Å². The van der Waals surface area contributed by atoms with Gasteiger partial charge in [0.05, 0.1) is 12.2 Å². The SMILES string of the molecule is CCOc1ccc([C@@](O)(c2ccc(OC(F)(F)F)cc2)C2(C)CN(C)C2)cc1-c1nc(C)no1. The van der Waals surface area contributed by atoms with Crippen molar-refractivity contribution in [3.8, 4) is 23.0 Å². The fourth-order valence-electron chi connectivity index (χ4n) is 4.75. The van der Waals surface area contributed by atoms with Gasteiger partial charge in [0.2, 0.25) is 0 Å². The van der Waals surface area contributed by atoms with Crippen LogP contribution in [0, 0.1) is 12.3 Å². The Morgan fingerprint density at radius 2 is 1.76 bits per heavy atom. The molecule has 0 amide bonds. The molecule has 182 valence electrons. The number of likely N-dealkylation sites (tertiary alicyclic amines) is 1. The predicted octanol–water partition coefficient (Wildman–Crippen LogP) is 4.53. The van der Waals surface area contributed by atoms with Crippen LogP contribution in [0.5, 0.6) is 11.5 Å². The first-order chi connectivity index (χ1) is 15.9. The van der Waals surface area contributed by atoms with Crippen molar-refractivity contribution in [2.45, 2.75) is 32.7 Å². The van der Waals surface area contributed by atoms with Gasteiger partial charge in [-0.05, 0) is 56.3 Å². The van der Waals surface area contributed by atoms with Gasteiger partial charge in [0.25, 0.3) is 5.89 Å². The normalized spacial score (nSPS) is 17.6. The van der Waals surface area contributed by atoms with Gasteiger partial charge in [-0.3, -0.25) is 0 Å². The molecule has 0 spiro atoms. The summed E-state index contributed by atoms with van der Waals surface area (Å²) in [5, 5.41) is 16.1. The molecule has 4 rings (SSSR count). The number of ether oxygens (including phenoxy) is 2. The van der Waals surface area contributed by atoms with Gasteiger partial charge < -0.3 is 24.0 Å². The van der Waals surface area contributed by atoms with Crippen molar-refractivity contribution in [3.63, 3.8) is 0 Å². The van der Waals surface area contributed by atoms with E-state index in [9.17, 15) is 18.3 Å². The Labute approximate surface area is 195 Å². The summed E-state index contributed by atoms with van der Waals surface area (Å²) in [6, 6.07) is 10.5. The van der Waals surface area contributed by atoms with E-state index in [0.717, 1.165) is 0 Å². The number of halogens is 3. The fourth-order valence-corrected chi connectivity index (χ4v) is 4.75. The fraction of sp³-hybridized carbons (Fsp3) is 0.417. The molecule has 0 unspecified atom stereocenters. The molecule has 1 fully saturated rings. The molecule has 2 aromatic carbocycles.